The number of hydrogen-bond donors (Lipinski definition) is 4. The van der Waals surface area contributed by atoms with Gasteiger partial charge in [-0.2, -0.15) is 0 Å². The minimum Gasteiger partial charge on any atom is -0.479 e. The van der Waals surface area contributed by atoms with Crippen LogP contribution in [0.5, 0.6) is 0 Å². The summed E-state index contributed by atoms with van der Waals surface area (Å²) in [5.74, 6) is -2.65. The van der Waals surface area contributed by atoms with Crippen molar-refractivity contribution < 1.29 is 25.2 Å². The second kappa shape index (κ2) is 12.0. The van der Waals surface area contributed by atoms with Crippen molar-refractivity contribution in [2.24, 2.45) is 0 Å². The van der Waals surface area contributed by atoms with Crippen molar-refractivity contribution >= 4 is 5.97 Å². The topological polar surface area (TPSA) is 98.0 Å². The third-order valence-corrected chi connectivity index (χ3v) is 3.66. The van der Waals surface area contributed by atoms with E-state index in [0.29, 0.717) is 12.8 Å². The molecule has 0 aliphatic carbocycles. The van der Waals surface area contributed by atoms with Gasteiger partial charge in [-0.15, -0.1) is 0 Å². The monoisotopic (exact) mass is 304 g/mol. The number of carboxylic acid groups (broad SMARTS) is 1. The van der Waals surface area contributed by atoms with Crippen LogP contribution in [0.4, 0.5) is 0 Å². The third-order valence-electron chi connectivity index (χ3n) is 3.66. The zero-order valence-electron chi connectivity index (χ0n) is 13.3. The average Bonchev–Trinajstić information content (AvgIpc) is 2.38. The van der Waals surface area contributed by atoms with Crippen molar-refractivity contribution in [1.29, 1.82) is 0 Å². The van der Waals surface area contributed by atoms with Crippen LogP contribution in [0.3, 0.4) is 0 Å². The highest BCUT2D eigenvalue weighted by Crippen LogP contribution is 2.15. The van der Waals surface area contributed by atoms with Gasteiger partial charge < -0.3 is 20.4 Å². The largest absolute Gasteiger partial charge is 0.479 e. The summed E-state index contributed by atoms with van der Waals surface area (Å²) in [5, 5.41) is 35.9. The van der Waals surface area contributed by atoms with E-state index in [-0.39, 0.29) is 0 Å². The smallest absolute Gasteiger partial charge is 0.332 e. The van der Waals surface area contributed by atoms with Crippen LogP contribution in [-0.4, -0.2) is 38.3 Å². The Balaban J connectivity index is 3.14. The lowest BCUT2D eigenvalue weighted by molar-refractivity contribution is -0.150. The van der Waals surface area contributed by atoms with Gasteiger partial charge >= 0.3 is 5.97 Å². The fourth-order valence-electron chi connectivity index (χ4n) is 2.34. The molecule has 1 unspecified atom stereocenters. The summed E-state index contributed by atoms with van der Waals surface area (Å²) in [7, 11) is 0. The van der Waals surface area contributed by atoms with Crippen molar-refractivity contribution in [3.05, 3.63) is 0 Å². The standard InChI is InChI=1S/C16H32O5/c1-16(20,21)13-11-9-7-5-3-2-4-6-8-10-12-14(17)15(18)19/h14,17,20-21H,2-13H2,1H3,(H,18,19). The van der Waals surface area contributed by atoms with E-state index < -0.39 is 17.9 Å². The van der Waals surface area contributed by atoms with Gasteiger partial charge in [-0.3, -0.25) is 0 Å². The van der Waals surface area contributed by atoms with Gasteiger partial charge in [-0.05, 0) is 19.8 Å². The van der Waals surface area contributed by atoms with E-state index in [1.54, 1.807) is 0 Å². The minimum atomic E-state index is -1.52. The molecule has 0 spiro atoms. The molecule has 5 heteroatoms. The molecule has 21 heavy (non-hydrogen) atoms. The highest BCUT2D eigenvalue weighted by atomic mass is 16.5. The van der Waals surface area contributed by atoms with Gasteiger partial charge in [-0.25, -0.2) is 4.79 Å². The van der Waals surface area contributed by atoms with Crippen molar-refractivity contribution in [2.45, 2.75) is 95.9 Å². The van der Waals surface area contributed by atoms with E-state index in [4.69, 9.17) is 20.4 Å². The summed E-state index contributed by atoms with van der Waals surface area (Å²) in [4.78, 5) is 10.4. The van der Waals surface area contributed by atoms with Crippen LogP contribution in [0.15, 0.2) is 0 Å². The molecule has 0 radical (unpaired) electrons. The molecule has 0 bridgehead atoms. The summed E-state index contributed by atoms with van der Waals surface area (Å²) >= 11 is 0. The maximum Gasteiger partial charge on any atom is 0.332 e. The highest BCUT2D eigenvalue weighted by molar-refractivity contribution is 5.71. The van der Waals surface area contributed by atoms with Crippen LogP contribution >= 0.6 is 0 Å². The molecule has 0 aromatic rings. The number of aliphatic hydroxyl groups excluding tert-OH is 1. The lowest BCUT2D eigenvalue weighted by atomic mass is 10.0. The van der Waals surface area contributed by atoms with Crippen molar-refractivity contribution in [3.63, 3.8) is 0 Å². The first-order chi connectivity index (χ1) is 9.83. The quantitative estimate of drug-likeness (QED) is 0.292. The fraction of sp³-hybridized carbons (Fsp3) is 0.938. The highest BCUT2D eigenvalue weighted by Gasteiger charge is 2.13. The first-order valence-corrected chi connectivity index (χ1v) is 8.18. The summed E-state index contributed by atoms with van der Waals surface area (Å²) in [6, 6.07) is 0. The molecule has 0 aromatic carbocycles. The predicted molar refractivity (Wildman–Crippen MR) is 81.9 cm³/mol. The Labute approximate surface area is 128 Å². The SMILES string of the molecule is CC(O)(O)CCCCCCCCCCCCC(O)C(=O)O. The molecule has 0 aliphatic rings. The molecular weight excluding hydrogens is 272 g/mol. The predicted octanol–water partition coefficient (Wildman–Crippen LogP) is 2.81. The van der Waals surface area contributed by atoms with Crippen molar-refractivity contribution in [2.75, 3.05) is 0 Å². The number of carboxylic acids is 1. The molecule has 5 nitrogen and oxygen atoms in total. The molecule has 0 saturated carbocycles. The van der Waals surface area contributed by atoms with Crippen LogP contribution in [-0.2, 0) is 4.79 Å². The fourth-order valence-corrected chi connectivity index (χ4v) is 2.34. The molecule has 0 aromatic heterocycles. The van der Waals surface area contributed by atoms with Gasteiger partial charge in [0.25, 0.3) is 0 Å². The summed E-state index contributed by atoms with van der Waals surface area (Å²) < 4.78 is 0. The number of rotatable bonds is 14. The van der Waals surface area contributed by atoms with Crippen LogP contribution in [0.1, 0.15) is 84.0 Å². The van der Waals surface area contributed by atoms with E-state index in [1.165, 1.54) is 26.2 Å². The Hall–Kier alpha value is -0.650. The van der Waals surface area contributed by atoms with Crippen LogP contribution < -0.4 is 0 Å². The number of aliphatic hydroxyl groups is 3. The maximum atomic E-state index is 10.4. The van der Waals surface area contributed by atoms with Gasteiger partial charge in [0.2, 0.25) is 0 Å². The molecule has 126 valence electrons. The summed E-state index contributed by atoms with van der Waals surface area (Å²) in [5.41, 5.74) is 0. The number of hydrogen-bond acceptors (Lipinski definition) is 4. The Kier molecular flexibility index (Phi) is 11.6. The van der Waals surface area contributed by atoms with Gasteiger partial charge in [0.15, 0.2) is 11.9 Å². The maximum absolute atomic E-state index is 10.4. The van der Waals surface area contributed by atoms with Gasteiger partial charge in [-0.1, -0.05) is 57.8 Å². The van der Waals surface area contributed by atoms with Crippen LogP contribution in [0.2, 0.25) is 0 Å². The van der Waals surface area contributed by atoms with E-state index in [2.05, 4.69) is 0 Å². The minimum absolute atomic E-state index is 0.351. The normalized spacial score (nSPS) is 13.3. The Morgan fingerprint density at radius 1 is 0.857 bits per heavy atom. The number of carbonyl (C=O) groups is 1. The molecule has 0 rings (SSSR count). The second-order valence-corrected chi connectivity index (χ2v) is 6.15. The Morgan fingerprint density at radius 3 is 1.62 bits per heavy atom. The van der Waals surface area contributed by atoms with E-state index in [1.807, 2.05) is 0 Å². The zero-order valence-corrected chi connectivity index (χ0v) is 13.3. The molecule has 0 heterocycles. The number of aliphatic carboxylic acids is 1. The van der Waals surface area contributed by atoms with E-state index >= 15 is 0 Å². The lowest BCUT2D eigenvalue weighted by Gasteiger charge is -2.14. The van der Waals surface area contributed by atoms with Crippen LogP contribution in [0, 0.1) is 0 Å². The molecule has 0 aliphatic heterocycles. The molecule has 0 fully saturated rings. The molecular formula is C16H32O5. The van der Waals surface area contributed by atoms with Gasteiger partial charge in [0.05, 0.1) is 0 Å². The van der Waals surface area contributed by atoms with E-state index in [9.17, 15) is 4.79 Å². The lowest BCUT2D eigenvalue weighted by Crippen LogP contribution is -2.22. The molecule has 0 amide bonds. The Bertz CT molecular complexity index is 260. The average molecular weight is 304 g/mol. The van der Waals surface area contributed by atoms with Gasteiger partial charge in [0, 0.05) is 6.42 Å². The van der Waals surface area contributed by atoms with Crippen molar-refractivity contribution in [1.82, 2.24) is 0 Å². The van der Waals surface area contributed by atoms with E-state index in [0.717, 1.165) is 44.9 Å². The molecule has 4 N–H and O–H groups in total. The summed E-state index contributed by atoms with van der Waals surface area (Å²) in [6.07, 6.45) is 10.2. The summed E-state index contributed by atoms with van der Waals surface area (Å²) in [6.45, 7) is 1.42. The second-order valence-electron chi connectivity index (χ2n) is 6.15. The molecule has 1 atom stereocenters. The number of unbranched alkanes of at least 4 members (excludes halogenated alkanes) is 9. The molecule has 0 saturated heterocycles. The van der Waals surface area contributed by atoms with Crippen molar-refractivity contribution in [3.8, 4) is 0 Å². The van der Waals surface area contributed by atoms with Gasteiger partial charge in [0.1, 0.15) is 0 Å². The van der Waals surface area contributed by atoms with Crippen LogP contribution in [0.25, 0.3) is 0 Å². The first-order valence-electron chi connectivity index (χ1n) is 8.18. The Morgan fingerprint density at radius 2 is 1.24 bits per heavy atom. The third kappa shape index (κ3) is 15.6. The first kappa shape index (κ1) is 20.3. The zero-order chi connectivity index (χ0) is 16.1.